The number of benzene rings is 3. The molecular weight excluding hydrogens is 402 g/mol. The molecule has 3 aromatic carbocycles. The van der Waals surface area contributed by atoms with E-state index in [1.165, 1.54) is 24.3 Å². The van der Waals surface area contributed by atoms with Crippen molar-refractivity contribution >= 4 is 0 Å². The van der Waals surface area contributed by atoms with Gasteiger partial charge in [0.15, 0.2) is 11.5 Å². The third-order valence-corrected chi connectivity index (χ3v) is 3.79. The van der Waals surface area contributed by atoms with Gasteiger partial charge < -0.3 is 14.6 Å². The maximum absolute atomic E-state index is 12.6. The van der Waals surface area contributed by atoms with Gasteiger partial charge in [0.2, 0.25) is 0 Å². The summed E-state index contributed by atoms with van der Waals surface area (Å²) in [4.78, 5) is 0. The topological polar surface area (TPSA) is 38.7 Å². The van der Waals surface area contributed by atoms with Crippen LogP contribution in [0.5, 0.6) is 23.0 Å². The van der Waals surface area contributed by atoms with Crippen LogP contribution in [0.3, 0.4) is 0 Å². The zero-order chi connectivity index (χ0) is 21.2. The predicted molar refractivity (Wildman–Crippen MR) is 91.7 cm³/mol. The van der Waals surface area contributed by atoms with E-state index >= 15 is 0 Å². The molecule has 0 aromatic heterocycles. The number of rotatable bonds is 4. The van der Waals surface area contributed by atoms with Crippen molar-refractivity contribution in [1.82, 2.24) is 0 Å². The van der Waals surface area contributed by atoms with Gasteiger partial charge in [0.1, 0.15) is 11.5 Å². The number of phenols is 1. The number of hydrogen-bond acceptors (Lipinski definition) is 3. The van der Waals surface area contributed by atoms with Crippen molar-refractivity contribution in [2.45, 2.75) is 12.5 Å². The minimum Gasteiger partial charge on any atom is -0.504 e. The third kappa shape index (κ3) is 5.34. The first-order valence-corrected chi connectivity index (χ1v) is 8.05. The molecule has 3 nitrogen and oxygen atoms in total. The Labute approximate surface area is 160 Å². The van der Waals surface area contributed by atoms with Crippen LogP contribution in [0.15, 0.2) is 66.7 Å². The summed E-state index contributed by atoms with van der Waals surface area (Å²) in [5.74, 6) is -0.578. The number of hydrogen-bond donors (Lipinski definition) is 1. The van der Waals surface area contributed by atoms with E-state index in [9.17, 15) is 31.4 Å². The first-order chi connectivity index (χ1) is 13.5. The standard InChI is InChI=1S/C20H12F6O3/c21-19(22,23)14-4-8-15(9-5-14)28-18-10-3-13(11-17(18)27)12-1-6-16(7-2-12)29-20(24,25)26/h1-11,27H. The fourth-order valence-corrected chi connectivity index (χ4v) is 2.47. The fourth-order valence-electron chi connectivity index (χ4n) is 2.47. The number of phenolic OH excluding ortho intramolecular Hbond substituents is 1. The molecule has 0 heterocycles. The molecule has 29 heavy (non-hydrogen) atoms. The lowest BCUT2D eigenvalue weighted by molar-refractivity contribution is -0.274. The molecule has 0 atom stereocenters. The van der Waals surface area contributed by atoms with Gasteiger partial charge in [0, 0.05) is 0 Å². The highest BCUT2D eigenvalue weighted by Crippen LogP contribution is 2.36. The molecule has 0 aliphatic carbocycles. The molecule has 0 saturated carbocycles. The number of ether oxygens (including phenoxy) is 2. The normalized spacial score (nSPS) is 11.9. The van der Waals surface area contributed by atoms with Crippen LogP contribution in [-0.2, 0) is 6.18 Å². The number of aromatic hydroxyl groups is 1. The van der Waals surface area contributed by atoms with Crippen LogP contribution in [0, 0.1) is 0 Å². The molecule has 0 aliphatic heterocycles. The average molecular weight is 414 g/mol. The van der Waals surface area contributed by atoms with Gasteiger partial charge in [0.05, 0.1) is 5.56 Å². The Morgan fingerprint density at radius 3 is 1.72 bits per heavy atom. The van der Waals surface area contributed by atoms with Gasteiger partial charge in [0.25, 0.3) is 0 Å². The molecule has 0 saturated heterocycles. The minimum atomic E-state index is -4.79. The Morgan fingerprint density at radius 1 is 0.655 bits per heavy atom. The summed E-state index contributed by atoms with van der Waals surface area (Å²) in [5, 5.41) is 10.1. The van der Waals surface area contributed by atoms with E-state index in [0.717, 1.165) is 36.4 Å². The van der Waals surface area contributed by atoms with E-state index in [0.29, 0.717) is 11.1 Å². The second-order valence-electron chi connectivity index (χ2n) is 5.88. The molecule has 152 valence electrons. The number of alkyl halides is 6. The van der Waals surface area contributed by atoms with Crippen LogP contribution in [0.4, 0.5) is 26.3 Å². The van der Waals surface area contributed by atoms with Crippen LogP contribution in [0.1, 0.15) is 5.56 Å². The maximum atomic E-state index is 12.6. The Morgan fingerprint density at radius 2 is 1.21 bits per heavy atom. The Hall–Kier alpha value is -3.36. The summed E-state index contributed by atoms with van der Waals surface area (Å²) < 4.78 is 83.5. The van der Waals surface area contributed by atoms with E-state index in [2.05, 4.69) is 4.74 Å². The van der Waals surface area contributed by atoms with Gasteiger partial charge in [-0.3, -0.25) is 0 Å². The van der Waals surface area contributed by atoms with Crippen LogP contribution < -0.4 is 9.47 Å². The SMILES string of the molecule is Oc1cc(-c2ccc(OC(F)(F)F)cc2)ccc1Oc1ccc(C(F)(F)F)cc1. The van der Waals surface area contributed by atoms with Crippen molar-refractivity contribution in [3.05, 3.63) is 72.3 Å². The highest BCUT2D eigenvalue weighted by molar-refractivity contribution is 5.67. The molecule has 9 heteroatoms. The summed E-state index contributed by atoms with van der Waals surface area (Å²) in [6, 6.07) is 13.2. The van der Waals surface area contributed by atoms with Gasteiger partial charge in [-0.05, 0) is 59.7 Å². The maximum Gasteiger partial charge on any atom is 0.573 e. The second kappa shape index (κ2) is 7.57. The molecule has 3 aromatic rings. The Kier molecular flexibility index (Phi) is 5.32. The minimum absolute atomic E-state index is 0.00512. The van der Waals surface area contributed by atoms with Crippen molar-refractivity contribution in [1.29, 1.82) is 0 Å². The van der Waals surface area contributed by atoms with Gasteiger partial charge in [-0.15, -0.1) is 13.2 Å². The monoisotopic (exact) mass is 414 g/mol. The summed E-state index contributed by atoms with van der Waals surface area (Å²) in [5.41, 5.74) is 0.166. The highest BCUT2D eigenvalue weighted by Gasteiger charge is 2.31. The van der Waals surface area contributed by atoms with E-state index in [1.807, 2.05) is 0 Å². The van der Waals surface area contributed by atoms with E-state index in [4.69, 9.17) is 4.74 Å². The smallest absolute Gasteiger partial charge is 0.504 e. The quantitative estimate of drug-likeness (QED) is 0.479. The van der Waals surface area contributed by atoms with Gasteiger partial charge in [-0.2, -0.15) is 13.2 Å². The van der Waals surface area contributed by atoms with Crippen molar-refractivity contribution in [2.24, 2.45) is 0 Å². The molecule has 3 rings (SSSR count). The lowest BCUT2D eigenvalue weighted by Crippen LogP contribution is -2.16. The van der Waals surface area contributed by atoms with Gasteiger partial charge in [-0.1, -0.05) is 18.2 Å². The summed E-state index contributed by atoms with van der Waals surface area (Å²) in [6.07, 6.45) is -9.26. The van der Waals surface area contributed by atoms with Crippen molar-refractivity contribution < 1.29 is 40.9 Å². The first-order valence-electron chi connectivity index (χ1n) is 8.05. The number of halogens is 6. The Balaban J connectivity index is 1.75. The second-order valence-corrected chi connectivity index (χ2v) is 5.88. The summed E-state index contributed by atoms with van der Waals surface area (Å²) in [7, 11) is 0. The first kappa shape index (κ1) is 20.4. The molecule has 1 N–H and O–H groups in total. The lowest BCUT2D eigenvalue weighted by atomic mass is 10.1. The van der Waals surface area contributed by atoms with E-state index in [1.54, 1.807) is 6.07 Å². The highest BCUT2D eigenvalue weighted by atomic mass is 19.4. The van der Waals surface area contributed by atoms with Crippen LogP contribution in [0.2, 0.25) is 0 Å². The summed E-state index contributed by atoms with van der Waals surface area (Å²) >= 11 is 0. The van der Waals surface area contributed by atoms with E-state index in [-0.39, 0.29) is 23.0 Å². The molecule has 0 unspecified atom stereocenters. The third-order valence-electron chi connectivity index (χ3n) is 3.79. The van der Waals surface area contributed by atoms with Gasteiger partial charge >= 0.3 is 12.5 Å². The van der Waals surface area contributed by atoms with Crippen molar-refractivity contribution in [3.8, 4) is 34.1 Å². The largest absolute Gasteiger partial charge is 0.573 e. The molecule has 0 fully saturated rings. The lowest BCUT2D eigenvalue weighted by Gasteiger charge is -2.12. The van der Waals surface area contributed by atoms with Crippen molar-refractivity contribution in [2.75, 3.05) is 0 Å². The Bertz CT molecular complexity index is 977. The zero-order valence-corrected chi connectivity index (χ0v) is 14.4. The predicted octanol–water partition coefficient (Wildman–Crippen LogP) is 6.77. The van der Waals surface area contributed by atoms with Crippen molar-refractivity contribution in [3.63, 3.8) is 0 Å². The van der Waals surface area contributed by atoms with Crippen LogP contribution >= 0.6 is 0 Å². The summed E-state index contributed by atoms with van der Waals surface area (Å²) in [6.45, 7) is 0. The van der Waals surface area contributed by atoms with E-state index < -0.39 is 18.1 Å². The molecule has 0 amide bonds. The van der Waals surface area contributed by atoms with Crippen LogP contribution in [-0.4, -0.2) is 11.5 Å². The molecular formula is C20H12F6O3. The molecule has 0 aliphatic rings. The zero-order valence-electron chi connectivity index (χ0n) is 14.4. The molecule has 0 spiro atoms. The fraction of sp³-hybridized carbons (Fsp3) is 0.100. The molecule has 0 radical (unpaired) electrons. The van der Waals surface area contributed by atoms with Crippen LogP contribution in [0.25, 0.3) is 11.1 Å². The average Bonchev–Trinajstić information content (AvgIpc) is 2.62. The molecule has 0 bridgehead atoms. The van der Waals surface area contributed by atoms with Gasteiger partial charge in [-0.25, -0.2) is 0 Å².